The van der Waals surface area contributed by atoms with Crippen LogP contribution in [0.4, 0.5) is 4.79 Å². The Morgan fingerprint density at radius 3 is 2.29 bits per heavy atom. The molecule has 24 heavy (non-hydrogen) atoms. The molecule has 6 nitrogen and oxygen atoms in total. The Bertz CT molecular complexity index is 774. The fraction of sp³-hybridized carbons (Fsp3) is 0.235. The van der Waals surface area contributed by atoms with Crippen LogP contribution >= 0.6 is 0 Å². The van der Waals surface area contributed by atoms with Crippen molar-refractivity contribution in [3.8, 4) is 0 Å². The van der Waals surface area contributed by atoms with Gasteiger partial charge in [0.1, 0.15) is 0 Å². The third-order valence-electron chi connectivity index (χ3n) is 3.60. The smallest absolute Gasteiger partial charge is 0.315 e. The third-order valence-corrected chi connectivity index (χ3v) is 4.53. The molecule has 128 valence electrons. The third kappa shape index (κ3) is 5.36. The van der Waals surface area contributed by atoms with Crippen LogP contribution in [-0.2, 0) is 16.4 Å². The molecule has 2 aromatic carbocycles. The molecular weight excluding hydrogens is 326 g/mol. The van der Waals surface area contributed by atoms with Crippen LogP contribution in [0.5, 0.6) is 0 Å². The van der Waals surface area contributed by atoms with Crippen molar-refractivity contribution in [2.75, 3.05) is 6.54 Å². The van der Waals surface area contributed by atoms with Crippen LogP contribution < -0.4 is 15.8 Å². The van der Waals surface area contributed by atoms with Gasteiger partial charge >= 0.3 is 6.03 Å². The SMILES string of the molecule is CC(NC(=O)NCCc1ccc(S(N)(=O)=O)cc1)c1ccccc1. The van der Waals surface area contributed by atoms with Crippen LogP contribution in [0, 0.1) is 0 Å². The highest BCUT2D eigenvalue weighted by molar-refractivity contribution is 7.89. The molecule has 0 radical (unpaired) electrons. The van der Waals surface area contributed by atoms with Gasteiger partial charge in [-0.2, -0.15) is 0 Å². The second-order valence-corrected chi connectivity index (χ2v) is 7.03. The minimum atomic E-state index is -3.67. The number of nitrogens with one attached hydrogen (secondary N) is 2. The summed E-state index contributed by atoms with van der Waals surface area (Å²) in [7, 11) is -3.67. The average molecular weight is 347 g/mol. The van der Waals surface area contributed by atoms with Crippen LogP contribution in [0.25, 0.3) is 0 Å². The van der Waals surface area contributed by atoms with Gasteiger partial charge in [-0.3, -0.25) is 0 Å². The average Bonchev–Trinajstić information content (AvgIpc) is 2.55. The van der Waals surface area contributed by atoms with E-state index >= 15 is 0 Å². The standard InChI is InChI=1S/C17H21N3O3S/c1-13(15-5-3-2-4-6-15)20-17(21)19-12-11-14-7-9-16(10-8-14)24(18,22)23/h2-10,13H,11-12H2,1H3,(H2,18,22,23)(H2,19,20,21). The zero-order chi connectivity index (χ0) is 17.6. The van der Waals surface area contributed by atoms with Crippen LogP contribution in [-0.4, -0.2) is 21.0 Å². The Labute approximate surface area is 142 Å². The summed E-state index contributed by atoms with van der Waals surface area (Å²) in [5, 5.41) is 10.7. The number of sulfonamides is 1. The Kier molecular flexibility index (Phi) is 5.94. The molecular formula is C17H21N3O3S. The largest absolute Gasteiger partial charge is 0.338 e. The van der Waals surface area contributed by atoms with Gasteiger partial charge in [0.25, 0.3) is 0 Å². The van der Waals surface area contributed by atoms with Crippen molar-refractivity contribution >= 4 is 16.1 Å². The molecule has 0 bridgehead atoms. The van der Waals surface area contributed by atoms with E-state index in [0.29, 0.717) is 13.0 Å². The van der Waals surface area contributed by atoms with Gasteiger partial charge in [-0.25, -0.2) is 18.4 Å². The van der Waals surface area contributed by atoms with Gasteiger partial charge in [-0.1, -0.05) is 42.5 Å². The van der Waals surface area contributed by atoms with E-state index in [9.17, 15) is 13.2 Å². The molecule has 0 aliphatic heterocycles. The molecule has 0 saturated carbocycles. The first-order valence-electron chi connectivity index (χ1n) is 7.57. The number of hydrogen-bond donors (Lipinski definition) is 3. The molecule has 0 aliphatic rings. The molecule has 1 atom stereocenters. The van der Waals surface area contributed by atoms with Gasteiger partial charge in [0.05, 0.1) is 10.9 Å². The highest BCUT2D eigenvalue weighted by Gasteiger charge is 2.09. The van der Waals surface area contributed by atoms with Crippen molar-refractivity contribution in [3.63, 3.8) is 0 Å². The van der Waals surface area contributed by atoms with E-state index in [2.05, 4.69) is 10.6 Å². The molecule has 7 heteroatoms. The number of carbonyl (C=O) groups excluding carboxylic acids is 1. The highest BCUT2D eigenvalue weighted by atomic mass is 32.2. The van der Waals surface area contributed by atoms with Gasteiger partial charge in [0.15, 0.2) is 0 Å². The molecule has 2 amide bonds. The molecule has 0 spiro atoms. The lowest BCUT2D eigenvalue weighted by molar-refractivity contribution is 0.238. The van der Waals surface area contributed by atoms with Crippen molar-refractivity contribution in [2.24, 2.45) is 5.14 Å². The molecule has 0 heterocycles. The quantitative estimate of drug-likeness (QED) is 0.744. The van der Waals surface area contributed by atoms with Crippen molar-refractivity contribution in [1.29, 1.82) is 0 Å². The van der Waals surface area contributed by atoms with Crippen LogP contribution in [0.3, 0.4) is 0 Å². The first-order chi connectivity index (χ1) is 11.4. The van der Waals surface area contributed by atoms with E-state index in [1.54, 1.807) is 12.1 Å². The Morgan fingerprint density at radius 2 is 1.71 bits per heavy atom. The molecule has 0 aromatic heterocycles. The van der Waals surface area contributed by atoms with Gasteiger partial charge in [-0.05, 0) is 36.6 Å². The fourth-order valence-corrected chi connectivity index (χ4v) is 2.75. The Hall–Kier alpha value is -2.38. The van der Waals surface area contributed by atoms with E-state index < -0.39 is 10.0 Å². The number of hydrogen-bond acceptors (Lipinski definition) is 3. The van der Waals surface area contributed by atoms with E-state index in [1.165, 1.54) is 12.1 Å². The summed E-state index contributed by atoms with van der Waals surface area (Å²) < 4.78 is 22.4. The minimum Gasteiger partial charge on any atom is -0.338 e. The van der Waals surface area contributed by atoms with Crippen molar-refractivity contribution in [3.05, 3.63) is 65.7 Å². The predicted molar refractivity (Wildman–Crippen MR) is 92.9 cm³/mol. The van der Waals surface area contributed by atoms with Gasteiger partial charge in [0.2, 0.25) is 10.0 Å². The maximum atomic E-state index is 11.9. The summed E-state index contributed by atoms with van der Waals surface area (Å²) in [6, 6.07) is 15.7. The minimum absolute atomic E-state index is 0.0774. The lowest BCUT2D eigenvalue weighted by Crippen LogP contribution is -2.38. The fourth-order valence-electron chi connectivity index (χ4n) is 2.24. The van der Waals surface area contributed by atoms with Crippen molar-refractivity contribution in [2.45, 2.75) is 24.3 Å². The molecule has 1 unspecified atom stereocenters. The van der Waals surface area contributed by atoms with E-state index in [4.69, 9.17) is 5.14 Å². The number of nitrogens with two attached hydrogens (primary N) is 1. The first-order valence-corrected chi connectivity index (χ1v) is 9.12. The second-order valence-electron chi connectivity index (χ2n) is 5.47. The second kappa shape index (κ2) is 7.94. The summed E-state index contributed by atoms with van der Waals surface area (Å²) in [6.45, 7) is 2.36. The van der Waals surface area contributed by atoms with E-state index in [-0.39, 0.29) is 17.0 Å². The molecule has 0 aliphatic carbocycles. The van der Waals surface area contributed by atoms with E-state index in [1.807, 2.05) is 37.3 Å². The number of carbonyl (C=O) groups is 1. The summed E-state index contributed by atoms with van der Waals surface area (Å²) >= 11 is 0. The maximum absolute atomic E-state index is 11.9. The summed E-state index contributed by atoms with van der Waals surface area (Å²) in [5.74, 6) is 0. The number of primary sulfonamides is 1. The van der Waals surface area contributed by atoms with Crippen LogP contribution in [0.2, 0.25) is 0 Å². The molecule has 2 rings (SSSR count). The van der Waals surface area contributed by atoms with E-state index in [0.717, 1.165) is 11.1 Å². The van der Waals surface area contributed by atoms with Crippen molar-refractivity contribution in [1.82, 2.24) is 10.6 Å². The van der Waals surface area contributed by atoms with Crippen molar-refractivity contribution < 1.29 is 13.2 Å². The monoisotopic (exact) mass is 347 g/mol. The van der Waals surface area contributed by atoms with Gasteiger partial charge in [0, 0.05) is 6.54 Å². The molecule has 0 saturated heterocycles. The lowest BCUT2D eigenvalue weighted by atomic mass is 10.1. The number of urea groups is 1. The predicted octanol–water partition coefficient (Wildman–Crippen LogP) is 1.94. The zero-order valence-electron chi connectivity index (χ0n) is 13.4. The highest BCUT2D eigenvalue weighted by Crippen LogP contribution is 2.11. The molecule has 4 N–H and O–H groups in total. The molecule has 2 aromatic rings. The summed E-state index contributed by atoms with van der Waals surface area (Å²) in [5.41, 5.74) is 1.95. The van der Waals surface area contributed by atoms with Gasteiger partial charge < -0.3 is 10.6 Å². The number of benzene rings is 2. The molecule has 0 fully saturated rings. The van der Waals surface area contributed by atoms with Crippen LogP contribution in [0.15, 0.2) is 59.5 Å². The Morgan fingerprint density at radius 1 is 1.08 bits per heavy atom. The summed E-state index contributed by atoms with van der Waals surface area (Å²) in [6.07, 6.45) is 0.595. The zero-order valence-corrected chi connectivity index (χ0v) is 14.2. The topological polar surface area (TPSA) is 101 Å². The number of amides is 2. The maximum Gasteiger partial charge on any atom is 0.315 e. The Balaban J connectivity index is 1.78. The first kappa shape index (κ1) is 18.0. The number of rotatable bonds is 6. The normalized spacial score (nSPS) is 12.4. The van der Waals surface area contributed by atoms with Crippen LogP contribution in [0.1, 0.15) is 24.1 Å². The lowest BCUT2D eigenvalue weighted by Gasteiger charge is -2.15. The van der Waals surface area contributed by atoms with Gasteiger partial charge in [-0.15, -0.1) is 0 Å². The summed E-state index contributed by atoms with van der Waals surface area (Å²) in [4.78, 5) is 12.0.